The van der Waals surface area contributed by atoms with Gasteiger partial charge in [-0.1, -0.05) is 0 Å². The summed E-state index contributed by atoms with van der Waals surface area (Å²) in [5.74, 6) is -0.214. The molecule has 0 aliphatic carbocycles. The number of methoxy groups -OCH3 is 1. The second-order valence-electron chi connectivity index (χ2n) is 2.57. The molecule has 1 unspecified atom stereocenters. The van der Waals surface area contributed by atoms with Crippen LogP contribution in [0.4, 0.5) is 0 Å². The first-order valence-electron chi connectivity index (χ1n) is 3.92. The first-order chi connectivity index (χ1) is 5.22. The van der Waals surface area contributed by atoms with Crippen LogP contribution in [-0.2, 0) is 9.53 Å². The third-order valence-corrected chi connectivity index (χ3v) is 1.59. The average molecular weight is 162 g/mol. The zero-order valence-corrected chi connectivity index (χ0v) is 7.14. The van der Waals surface area contributed by atoms with Gasteiger partial charge in [0.25, 0.3) is 0 Å². The van der Waals surface area contributed by atoms with Gasteiger partial charge in [0.05, 0.1) is 13.7 Å². The fourth-order valence-corrected chi connectivity index (χ4v) is 0.852. The number of rotatable bonds is 5. The van der Waals surface area contributed by atoms with Gasteiger partial charge in [-0.2, -0.15) is 0 Å². The average Bonchev–Trinajstić information content (AvgIpc) is 2.03. The molecule has 0 fully saturated rings. The molecule has 6 N–H and O–H groups in total. The molecule has 0 aromatic carbocycles. The smallest absolute Gasteiger partial charge is 0.364 e. The van der Waals surface area contributed by atoms with E-state index in [0.29, 0.717) is 0 Å². The Hall–Kier alpha value is -0.610. The molecule has 0 saturated heterocycles. The standard InChI is InChI=1S/C7H16N2O2/c1-11-7(10)6(9)4-2-3-5-8/h6H,2-5,8-9H2,1H3/p+2. The number of hydrogen-bond acceptors (Lipinski definition) is 2. The van der Waals surface area contributed by atoms with Gasteiger partial charge in [0.2, 0.25) is 0 Å². The van der Waals surface area contributed by atoms with Gasteiger partial charge < -0.3 is 16.2 Å². The summed E-state index contributed by atoms with van der Waals surface area (Å²) < 4.78 is 4.53. The summed E-state index contributed by atoms with van der Waals surface area (Å²) in [7, 11) is 1.39. The summed E-state index contributed by atoms with van der Waals surface area (Å²) in [6.45, 7) is 0.924. The maximum absolute atomic E-state index is 10.8. The van der Waals surface area contributed by atoms with Crippen molar-refractivity contribution >= 4 is 5.97 Å². The van der Waals surface area contributed by atoms with Crippen LogP contribution in [-0.4, -0.2) is 25.7 Å². The topological polar surface area (TPSA) is 81.6 Å². The van der Waals surface area contributed by atoms with E-state index in [1.807, 2.05) is 0 Å². The number of hydrogen-bond donors (Lipinski definition) is 2. The molecule has 0 aliphatic rings. The summed E-state index contributed by atoms with van der Waals surface area (Å²) >= 11 is 0. The van der Waals surface area contributed by atoms with Crippen LogP contribution in [0.15, 0.2) is 0 Å². The zero-order chi connectivity index (χ0) is 8.69. The molecule has 0 rings (SSSR count). The van der Waals surface area contributed by atoms with Gasteiger partial charge in [-0.25, -0.2) is 4.79 Å². The molecule has 0 aromatic rings. The van der Waals surface area contributed by atoms with Crippen molar-refractivity contribution in [3.05, 3.63) is 0 Å². The second kappa shape index (κ2) is 6.12. The normalized spacial score (nSPS) is 12.6. The van der Waals surface area contributed by atoms with Crippen LogP contribution in [0, 0.1) is 0 Å². The van der Waals surface area contributed by atoms with Crippen molar-refractivity contribution in [2.24, 2.45) is 0 Å². The maximum Gasteiger partial charge on any atom is 0.364 e. The second-order valence-corrected chi connectivity index (χ2v) is 2.57. The largest absolute Gasteiger partial charge is 0.465 e. The van der Waals surface area contributed by atoms with Gasteiger partial charge in [-0.15, -0.1) is 0 Å². The monoisotopic (exact) mass is 162 g/mol. The van der Waals surface area contributed by atoms with E-state index in [4.69, 9.17) is 0 Å². The van der Waals surface area contributed by atoms with Crippen LogP contribution >= 0.6 is 0 Å². The Kier molecular flexibility index (Phi) is 5.78. The van der Waals surface area contributed by atoms with Crippen LogP contribution in [0.2, 0.25) is 0 Å². The minimum Gasteiger partial charge on any atom is -0.465 e. The van der Waals surface area contributed by atoms with Crippen molar-refractivity contribution < 1.29 is 21.0 Å². The Balaban J connectivity index is 3.36. The predicted molar refractivity (Wildman–Crippen MR) is 40.3 cm³/mol. The molecule has 0 amide bonds. The van der Waals surface area contributed by atoms with Gasteiger partial charge in [-0.3, -0.25) is 0 Å². The Labute approximate surface area is 66.9 Å². The lowest BCUT2D eigenvalue weighted by atomic mass is 10.1. The lowest BCUT2D eigenvalue weighted by Gasteiger charge is -2.03. The zero-order valence-electron chi connectivity index (χ0n) is 7.14. The number of unbranched alkanes of at least 4 members (excludes halogenated alkanes) is 1. The summed E-state index contributed by atoms with van der Waals surface area (Å²) in [6.07, 6.45) is 2.87. The van der Waals surface area contributed by atoms with E-state index in [9.17, 15) is 4.79 Å². The van der Waals surface area contributed by atoms with Crippen molar-refractivity contribution in [2.45, 2.75) is 25.3 Å². The summed E-state index contributed by atoms with van der Waals surface area (Å²) in [6, 6.07) is -0.202. The molecular weight excluding hydrogens is 144 g/mol. The van der Waals surface area contributed by atoms with E-state index in [-0.39, 0.29) is 12.0 Å². The molecule has 11 heavy (non-hydrogen) atoms. The van der Waals surface area contributed by atoms with E-state index in [1.54, 1.807) is 0 Å². The highest BCUT2D eigenvalue weighted by molar-refractivity contribution is 5.73. The van der Waals surface area contributed by atoms with Crippen molar-refractivity contribution in [3.63, 3.8) is 0 Å². The van der Waals surface area contributed by atoms with E-state index in [2.05, 4.69) is 16.2 Å². The Morgan fingerprint density at radius 3 is 2.64 bits per heavy atom. The molecular formula is C7H18N2O2+2. The van der Waals surface area contributed by atoms with Crippen LogP contribution in [0.1, 0.15) is 19.3 Å². The van der Waals surface area contributed by atoms with E-state index in [0.717, 1.165) is 25.8 Å². The van der Waals surface area contributed by atoms with Gasteiger partial charge in [0.1, 0.15) is 0 Å². The van der Waals surface area contributed by atoms with E-state index < -0.39 is 0 Å². The van der Waals surface area contributed by atoms with E-state index >= 15 is 0 Å². The van der Waals surface area contributed by atoms with Gasteiger partial charge in [0.15, 0.2) is 6.04 Å². The summed E-state index contributed by atoms with van der Waals surface area (Å²) in [5, 5.41) is 0. The van der Waals surface area contributed by atoms with Crippen molar-refractivity contribution in [1.29, 1.82) is 0 Å². The molecule has 0 spiro atoms. The highest BCUT2D eigenvalue weighted by Crippen LogP contribution is 1.96. The van der Waals surface area contributed by atoms with E-state index in [1.165, 1.54) is 7.11 Å². The molecule has 0 bridgehead atoms. The lowest BCUT2D eigenvalue weighted by Crippen LogP contribution is -2.65. The first-order valence-corrected chi connectivity index (χ1v) is 3.92. The summed E-state index contributed by atoms with van der Waals surface area (Å²) in [4.78, 5) is 10.8. The van der Waals surface area contributed by atoms with Crippen LogP contribution in [0.5, 0.6) is 0 Å². The molecule has 66 valence electrons. The van der Waals surface area contributed by atoms with Crippen molar-refractivity contribution in [1.82, 2.24) is 0 Å². The maximum atomic E-state index is 10.8. The lowest BCUT2D eigenvalue weighted by molar-refractivity contribution is -0.410. The fourth-order valence-electron chi connectivity index (χ4n) is 0.852. The third-order valence-electron chi connectivity index (χ3n) is 1.59. The molecule has 0 aromatic heterocycles. The number of carbonyl (C=O) groups is 1. The molecule has 0 aliphatic heterocycles. The predicted octanol–water partition coefficient (Wildman–Crippen LogP) is -1.82. The number of quaternary nitrogens is 2. The molecule has 4 nitrogen and oxygen atoms in total. The molecule has 1 atom stereocenters. The van der Waals surface area contributed by atoms with Crippen LogP contribution in [0.25, 0.3) is 0 Å². The van der Waals surface area contributed by atoms with Crippen molar-refractivity contribution in [2.75, 3.05) is 13.7 Å². The highest BCUT2D eigenvalue weighted by Gasteiger charge is 2.16. The number of carbonyl (C=O) groups excluding carboxylic acids is 1. The first kappa shape index (κ1) is 10.4. The van der Waals surface area contributed by atoms with Gasteiger partial charge >= 0.3 is 5.97 Å². The Morgan fingerprint density at radius 2 is 2.18 bits per heavy atom. The highest BCUT2D eigenvalue weighted by atomic mass is 16.5. The SMILES string of the molecule is COC(=O)C([NH3+])CCCC[NH3+]. The minimum absolute atomic E-state index is 0.202. The minimum atomic E-state index is -0.214. The summed E-state index contributed by atoms with van der Waals surface area (Å²) in [5.41, 5.74) is 7.40. The molecule has 0 heterocycles. The number of ether oxygens (including phenoxy) is 1. The number of esters is 1. The van der Waals surface area contributed by atoms with Crippen LogP contribution in [0.3, 0.4) is 0 Å². The Morgan fingerprint density at radius 1 is 1.55 bits per heavy atom. The quantitative estimate of drug-likeness (QED) is 0.369. The molecule has 4 heteroatoms. The van der Waals surface area contributed by atoms with Gasteiger partial charge in [0, 0.05) is 6.42 Å². The van der Waals surface area contributed by atoms with Gasteiger partial charge in [-0.05, 0) is 12.8 Å². The molecule has 0 radical (unpaired) electrons. The van der Waals surface area contributed by atoms with Crippen molar-refractivity contribution in [3.8, 4) is 0 Å². The fraction of sp³-hybridized carbons (Fsp3) is 0.857. The molecule has 0 saturated carbocycles. The third kappa shape index (κ3) is 4.75. The Bertz CT molecular complexity index is 117. The van der Waals surface area contributed by atoms with Crippen LogP contribution < -0.4 is 11.5 Å².